The first-order valence-electron chi connectivity index (χ1n) is 9.26. The third-order valence-electron chi connectivity index (χ3n) is 4.12. The van der Waals surface area contributed by atoms with Crippen molar-refractivity contribution in [2.75, 3.05) is 13.2 Å². The summed E-state index contributed by atoms with van der Waals surface area (Å²) < 4.78 is 17.1. The van der Waals surface area contributed by atoms with E-state index in [2.05, 4.69) is 0 Å². The first-order chi connectivity index (χ1) is 14.1. The van der Waals surface area contributed by atoms with E-state index in [0.717, 1.165) is 22.8 Å². The van der Waals surface area contributed by atoms with E-state index in [1.54, 1.807) is 12.1 Å². The zero-order valence-electron chi connectivity index (χ0n) is 16.3. The number of aliphatic carboxylic acids is 1. The Kier molecular flexibility index (Phi) is 9.00. The maximum absolute atomic E-state index is 10.8. The quantitative estimate of drug-likeness (QED) is 0.466. The lowest BCUT2D eigenvalue weighted by Gasteiger charge is -2.10. The van der Waals surface area contributed by atoms with Gasteiger partial charge < -0.3 is 25.1 Å². The van der Waals surface area contributed by atoms with Crippen molar-refractivity contribution in [1.29, 1.82) is 0 Å². The molecule has 6 nitrogen and oxygen atoms in total. The number of hydrogen-bond donors (Lipinski definition) is 2. The molecule has 0 fully saturated rings. The third-order valence-corrected chi connectivity index (χ3v) is 4.12. The van der Waals surface area contributed by atoms with E-state index in [0.29, 0.717) is 19.0 Å². The average molecular weight is 430 g/mol. The molecular formula is C23H24ClNO5. The lowest BCUT2D eigenvalue weighted by molar-refractivity contribution is -0.138. The molecule has 0 aliphatic heterocycles. The zero-order chi connectivity index (χ0) is 20.5. The van der Waals surface area contributed by atoms with Crippen LogP contribution in [0.4, 0.5) is 0 Å². The van der Waals surface area contributed by atoms with Crippen LogP contribution in [0.3, 0.4) is 0 Å². The average Bonchev–Trinajstić information content (AvgIpc) is 2.74. The van der Waals surface area contributed by atoms with Crippen LogP contribution in [0.1, 0.15) is 5.56 Å². The van der Waals surface area contributed by atoms with Gasteiger partial charge in [0.1, 0.15) is 42.3 Å². The van der Waals surface area contributed by atoms with Gasteiger partial charge in [-0.25, -0.2) is 0 Å². The highest BCUT2D eigenvalue weighted by molar-refractivity contribution is 5.85. The van der Waals surface area contributed by atoms with Crippen LogP contribution in [0.5, 0.6) is 23.0 Å². The van der Waals surface area contributed by atoms with Crippen molar-refractivity contribution >= 4 is 18.4 Å². The Balaban J connectivity index is 0.00000320. The summed E-state index contributed by atoms with van der Waals surface area (Å²) in [4.78, 5) is 10.8. The second-order valence-corrected chi connectivity index (χ2v) is 6.38. The Morgan fingerprint density at radius 2 is 1.23 bits per heavy atom. The second-order valence-electron chi connectivity index (χ2n) is 6.38. The maximum Gasteiger partial charge on any atom is 0.320 e. The summed E-state index contributed by atoms with van der Waals surface area (Å²) >= 11 is 0. The smallest absolute Gasteiger partial charge is 0.320 e. The lowest BCUT2D eigenvalue weighted by atomic mass is 10.1. The zero-order valence-corrected chi connectivity index (χ0v) is 17.1. The molecule has 3 aromatic rings. The van der Waals surface area contributed by atoms with Crippen molar-refractivity contribution in [3.8, 4) is 23.0 Å². The van der Waals surface area contributed by atoms with Gasteiger partial charge in [-0.05, 0) is 60.5 Å². The van der Waals surface area contributed by atoms with Gasteiger partial charge in [0.2, 0.25) is 0 Å². The van der Waals surface area contributed by atoms with Crippen molar-refractivity contribution in [2.45, 2.75) is 12.5 Å². The van der Waals surface area contributed by atoms with Crippen LogP contribution in [0, 0.1) is 0 Å². The van der Waals surface area contributed by atoms with Crippen molar-refractivity contribution < 1.29 is 24.1 Å². The van der Waals surface area contributed by atoms with Gasteiger partial charge in [0.25, 0.3) is 0 Å². The number of carboxylic acids is 1. The largest absolute Gasteiger partial charge is 0.490 e. The fourth-order valence-corrected chi connectivity index (χ4v) is 2.61. The first kappa shape index (κ1) is 23.1. The number of ether oxygens (including phenoxy) is 3. The summed E-state index contributed by atoms with van der Waals surface area (Å²) in [5.74, 6) is 1.93. The van der Waals surface area contributed by atoms with Gasteiger partial charge in [-0.15, -0.1) is 12.4 Å². The molecule has 3 rings (SSSR count). The SMILES string of the molecule is Cl.NC(Cc1ccc(OCCOc2ccc(Oc3ccccc3)cc2)cc1)C(=O)O. The monoisotopic (exact) mass is 429 g/mol. The Hall–Kier alpha value is -3.22. The third kappa shape index (κ3) is 7.31. The minimum Gasteiger partial charge on any atom is -0.490 e. The van der Waals surface area contributed by atoms with Crippen LogP contribution in [0.2, 0.25) is 0 Å². The summed E-state index contributed by atoms with van der Waals surface area (Å²) in [5, 5.41) is 8.85. The number of carbonyl (C=O) groups is 1. The molecule has 3 N–H and O–H groups in total. The number of halogens is 1. The van der Waals surface area contributed by atoms with Gasteiger partial charge >= 0.3 is 5.97 Å². The highest BCUT2D eigenvalue weighted by atomic mass is 35.5. The molecule has 3 aromatic carbocycles. The summed E-state index contributed by atoms with van der Waals surface area (Å²) in [6, 6.07) is 23.3. The number of rotatable bonds is 10. The molecule has 0 spiro atoms. The molecule has 30 heavy (non-hydrogen) atoms. The molecular weight excluding hydrogens is 406 g/mol. The Labute approximate surface area is 181 Å². The number of nitrogens with two attached hydrogens (primary N) is 1. The molecule has 0 aliphatic rings. The summed E-state index contributed by atoms with van der Waals surface area (Å²) in [6.45, 7) is 0.779. The molecule has 0 aliphatic carbocycles. The maximum atomic E-state index is 10.8. The van der Waals surface area contributed by atoms with E-state index in [1.807, 2.05) is 66.7 Å². The minimum absolute atomic E-state index is 0. The topological polar surface area (TPSA) is 91.0 Å². The molecule has 1 atom stereocenters. The molecule has 0 saturated heterocycles. The molecule has 0 radical (unpaired) electrons. The van der Waals surface area contributed by atoms with Gasteiger partial charge in [0.05, 0.1) is 0 Å². The Morgan fingerprint density at radius 1 is 0.767 bits per heavy atom. The number of benzene rings is 3. The van der Waals surface area contributed by atoms with E-state index in [4.69, 9.17) is 25.1 Å². The molecule has 0 bridgehead atoms. The molecule has 0 heterocycles. The van der Waals surface area contributed by atoms with Crippen molar-refractivity contribution in [3.63, 3.8) is 0 Å². The molecule has 7 heteroatoms. The Morgan fingerprint density at radius 3 is 1.77 bits per heavy atom. The summed E-state index contributed by atoms with van der Waals surface area (Å²) in [7, 11) is 0. The van der Waals surface area contributed by atoms with E-state index in [1.165, 1.54) is 0 Å². The van der Waals surface area contributed by atoms with Crippen LogP contribution in [0.25, 0.3) is 0 Å². The predicted octanol–water partition coefficient (Wildman–Crippen LogP) is 4.31. The summed E-state index contributed by atoms with van der Waals surface area (Å²) in [6.07, 6.45) is 0.280. The van der Waals surface area contributed by atoms with E-state index >= 15 is 0 Å². The first-order valence-corrected chi connectivity index (χ1v) is 9.26. The van der Waals surface area contributed by atoms with E-state index in [-0.39, 0.29) is 18.8 Å². The van der Waals surface area contributed by atoms with Gasteiger partial charge in [0.15, 0.2) is 0 Å². The number of hydrogen-bond acceptors (Lipinski definition) is 5. The fourth-order valence-electron chi connectivity index (χ4n) is 2.61. The van der Waals surface area contributed by atoms with Crippen LogP contribution in [0.15, 0.2) is 78.9 Å². The second kappa shape index (κ2) is 11.7. The standard InChI is InChI=1S/C23H23NO5.ClH/c24-22(23(25)26)16-17-6-8-18(9-7-17)27-14-15-28-19-10-12-21(13-11-19)29-20-4-2-1-3-5-20;/h1-13,22H,14-16,24H2,(H,25,26);1H. The van der Waals surface area contributed by atoms with Gasteiger partial charge in [-0.2, -0.15) is 0 Å². The fraction of sp³-hybridized carbons (Fsp3) is 0.174. The highest BCUT2D eigenvalue weighted by Gasteiger charge is 2.11. The van der Waals surface area contributed by atoms with Crippen LogP contribution in [-0.2, 0) is 11.2 Å². The number of para-hydroxylation sites is 1. The molecule has 0 aromatic heterocycles. The summed E-state index contributed by atoms with van der Waals surface area (Å²) in [5.41, 5.74) is 6.38. The van der Waals surface area contributed by atoms with Crippen molar-refractivity contribution in [3.05, 3.63) is 84.4 Å². The van der Waals surface area contributed by atoms with Crippen molar-refractivity contribution in [1.82, 2.24) is 0 Å². The van der Waals surface area contributed by atoms with Gasteiger partial charge in [-0.1, -0.05) is 30.3 Å². The predicted molar refractivity (Wildman–Crippen MR) is 117 cm³/mol. The molecule has 0 amide bonds. The highest BCUT2D eigenvalue weighted by Crippen LogP contribution is 2.23. The number of carboxylic acid groups (broad SMARTS) is 1. The van der Waals surface area contributed by atoms with E-state index in [9.17, 15) is 4.79 Å². The minimum atomic E-state index is -1.01. The molecule has 158 valence electrons. The van der Waals surface area contributed by atoms with Crippen LogP contribution in [-0.4, -0.2) is 30.3 Å². The Bertz CT molecular complexity index is 901. The van der Waals surface area contributed by atoms with Crippen LogP contribution >= 0.6 is 12.4 Å². The van der Waals surface area contributed by atoms with Crippen LogP contribution < -0.4 is 19.9 Å². The lowest BCUT2D eigenvalue weighted by Crippen LogP contribution is -2.32. The molecule has 1 unspecified atom stereocenters. The van der Waals surface area contributed by atoms with Gasteiger partial charge in [0, 0.05) is 0 Å². The van der Waals surface area contributed by atoms with Crippen molar-refractivity contribution in [2.24, 2.45) is 5.73 Å². The molecule has 0 saturated carbocycles. The van der Waals surface area contributed by atoms with E-state index < -0.39 is 12.0 Å². The van der Waals surface area contributed by atoms with Gasteiger partial charge in [-0.3, -0.25) is 4.79 Å². The normalized spacial score (nSPS) is 11.1.